The number of allylic oxidation sites excluding steroid dienone is 1. The Labute approximate surface area is 232 Å². The van der Waals surface area contributed by atoms with E-state index in [2.05, 4.69) is 4.99 Å². The molecule has 1 aliphatic rings. The van der Waals surface area contributed by atoms with Gasteiger partial charge in [-0.3, -0.25) is 19.5 Å². The van der Waals surface area contributed by atoms with Gasteiger partial charge in [0.25, 0.3) is 11.2 Å². The summed E-state index contributed by atoms with van der Waals surface area (Å²) in [6, 6.07) is 14.6. The highest BCUT2D eigenvalue weighted by molar-refractivity contribution is 7.07. The lowest BCUT2D eigenvalue weighted by atomic mass is 9.95. The van der Waals surface area contributed by atoms with Crippen LogP contribution in [0.3, 0.4) is 0 Å². The topological polar surface area (TPSA) is 126 Å². The first-order valence-corrected chi connectivity index (χ1v) is 13.2. The van der Waals surface area contributed by atoms with Crippen LogP contribution in [0.5, 0.6) is 5.75 Å². The number of fused-ring (bicyclic) bond motifs is 1. The minimum absolute atomic E-state index is 0.00549. The Morgan fingerprint density at radius 1 is 1.20 bits per heavy atom. The van der Waals surface area contributed by atoms with Gasteiger partial charge in [0, 0.05) is 23.3 Å². The zero-order valence-corrected chi connectivity index (χ0v) is 23.0. The van der Waals surface area contributed by atoms with Gasteiger partial charge in [-0.25, -0.2) is 9.79 Å². The first-order chi connectivity index (χ1) is 19.2. The van der Waals surface area contributed by atoms with E-state index < -0.39 is 16.9 Å². The first kappa shape index (κ1) is 26.8. The van der Waals surface area contributed by atoms with Crippen molar-refractivity contribution in [3.05, 3.63) is 113 Å². The average Bonchev–Trinajstić information content (AvgIpc) is 3.52. The molecule has 0 unspecified atom stereocenters. The van der Waals surface area contributed by atoms with Crippen LogP contribution in [0.25, 0.3) is 17.4 Å². The second-order valence-electron chi connectivity index (χ2n) is 8.99. The van der Waals surface area contributed by atoms with Crippen molar-refractivity contribution < 1.29 is 23.6 Å². The number of carbonyl (C=O) groups is 1. The number of nitro benzene ring substituents is 1. The van der Waals surface area contributed by atoms with Gasteiger partial charge in [-0.2, -0.15) is 0 Å². The Morgan fingerprint density at radius 3 is 2.70 bits per heavy atom. The smallest absolute Gasteiger partial charge is 0.338 e. The van der Waals surface area contributed by atoms with E-state index in [-0.39, 0.29) is 23.4 Å². The summed E-state index contributed by atoms with van der Waals surface area (Å²) in [5.41, 5.74) is 2.11. The Balaban J connectivity index is 1.64. The molecule has 0 N–H and O–H groups in total. The number of hydrogen-bond donors (Lipinski definition) is 0. The van der Waals surface area contributed by atoms with Gasteiger partial charge in [0.05, 0.1) is 40.5 Å². The fourth-order valence-corrected chi connectivity index (χ4v) is 5.74. The van der Waals surface area contributed by atoms with E-state index in [0.29, 0.717) is 49.0 Å². The average molecular weight is 560 g/mol. The normalized spacial score (nSPS) is 15.0. The molecule has 2 aromatic carbocycles. The van der Waals surface area contributed by atoms with Crippen LogP contribution in [-0.2, 0) is 9.53 Å². The number of nitro groups is 1. The molecule has 0 saturated heterocycles. The van der Waals surface area contributed by atoms with Crippen LogP contribution >= 0.6 is 11.3 Å². The zero-order chi connectivity index (χ0) is 28.6. The molecule has 1 atom stereocenters. The Kier molecular flexibility index (Phi) is 7.22. The molecule has 11 heteroatoms. The van der Waals surface area contributed by atoms with Gasteiger partial charge in [-0.1, -0.05) is 35.6 Å². The molecule has 3 heterocycles. The van der Waals surface area contributed by atoms with Crippen LogP contribution in [0.4, 0.5) is 5.69 Å². The number of esters is 1. The summed E-state index contributed by atoms with van der Waals surface area (Å²) in [6.45, 7) is 5.28. The summed E-state index contributed by atoms with van der Waals surface area (Å²) in [4.78, 5) is 42.8. The minimum atomic E-state index is -0.771. The molecule has 0 fully saturated rings. The zero-order valence-electron chi connectivity index (χ0n) is 22.2. The standard InChI is InChI=1S/C29H25N3O7S/c1-5-38-28(34)25-17(3)30-29-31(26(25)18-8-6-9-19(14-18)37-4)27(33)24(40-29)15-20-12-13-23(39-20)21-10-7-11-22(16(21)2)32(35)36/h6-15,26H,5H2,1-4H3/b24-15-/t26-/m0/s1. The number of aromatic nitrogens is 1. The van der Waals surface area contributed by atoms with Crippen LogP contribution in [0.1, 0.15) is 36.8 Å². The van der Waals surface area contributed by atoms with Crippen molar-refractivity contribution >= 4 is 29.1 Å². The maximum atomic E-state index is 13.8. The van der Waals surface area contributed by atoms with Gasteiger partial charge in [-0.15, -0.1) is 0 Å². The molecule has 0 bridgehead atoms. The molecular weight excluding hydrogens is 534 g/mol. The van der Waals surface area contributed by atoms with Gasteiger partial charge in [-0.05, 0) is 50.6 Å². The van der Waals surface area contributed by atoms with E-state index in [1.165, 1.54) is 22.0 Å². The van der Waals surface area contributed by atoms with E-state index in [4.69, 9.17) is 13.9 Å². The molecule has 10 nitrogen and oxygen atoms in total. The van der Waals surface area contributed by atoms with E-state index in [0.717, 1.165) is 0 Å². The molecule has 0 amide bonds. The Hall–Kier alpha value is -4.77. The van der Waals surface area contributed by atoms with Crippen molar-refractivity contribution in [3.63, 3.8) is 0 Å². The van der Waals surface area contributed by atoms with Crippen molar-refractivity contribution in [1.82, 2.24) is 4.57 Å². The molecular formula is C29H25N3O7S. The molecule has 2 aromatic heterocycles. The predicted molar refractivity (Wildman–Crippen MR) is 149 cm³/mol. The number of rotatable bonds is 7. The largest absolute Gasteiger partial charge is 0.497 e. The van der Waals surface area contributed by atoms with Crippen molar-refractivity contribution in [2.45, 2.75) is 26.8 Å². The second-order valence-corrected chi connectivity index (χ2v) is 10.00. The SMILES string of the molecule is CCOC(=O)C1=C(C)N=c2s/c(=C\c3ccc(-c4cccc([N+](=O)[O-])c4C)o3)c(=O)n2[C@H]1c1cccc(OC)c1. The van der Waals surface area contributed by atoms with Crippen LogP contribution in [0, 0.1) is 17.0 Å². The lowest BCUT2D eigenvalue weighted by Crippen LogP contribution is -2.39. The van der Waals surface area contributed by atoms with Gasteiger partial charge >= 0.3 is 5.97 Å². The summed E-state index contributed by atoms with van der Waals surface area (Å²) in [7, 11) is 1.55. The van der Waals surface area contributed by atoms with Crippen molar-refractivity contribution in [1.29, 1.82) is 0 Å². The lowest BCUT2D eigenvalue weighted by Gasteiger charge is -2.24. The monoisotopic (exact) mass is 559 g/mol. The summed E-state index contributed by atoms with van der Waals surface area (Å²) < 4.78 is 18.5. The summed E-state index contributed by atoms with van der Waals surface area (Å²) in [5, 5.41) is 11.4. The molecule has 5 rings (SSSR count). The fourth-order valence-electron chi connectivity index (χ4n) is 4.71. The maximum absolute atomic E-state index is 13.8. The van der Waals surface area contributed by atoms with Gasteiger partial charge in [0.15, 0.2) is 4.80 Å². The Morgan fingerprint density at radius 2 is 1.98 bits per heavy atom. The molecule has 0 spiro atoms. The number of benzene rings is 2. The van der Waals surface area contributed by atoms with Gasteiger partial charge in [0.2, 0.25) is 0 Å². The lowest BCUT2D eigenvalue weighted by molar-refractivity contribution is -0.385. The third-order valence-electron chi connectivity index (χ3n) is 6.59. The Bertz CT molecular complexity index is 1860. The highest BCUT2D eigenvalue weighted by atomic mass is 32.1. The van der Waals surface area contributed by atoms with Crippen LogP contribution in [-0.4, -0.2) is 29.2 Å². The highest BCUT2D eigenvalue weighted by Gasteiger charge is 2.33. The predicted octanol–water partition coefficient (Wildman–Crippen LogP) is 4.28. The summed E-state index contributed by atoms with van der Waals surface area (Å²) >= 11 is 1.17. The molecule has 0 saturated carbocycles. The number of furan rings is 1. The summed E-state index contributed by atoms with van der Waals surface area (Å²) in [6.07, 6.45) is 1.60. The van der Waals surface area contributed by atoms with Gasteiger partial charge < -0.3 is 13.9 Å². The number of nitrogens with zero attached hydrogens (tertiary/aromatic N) is 3. The highest BCUT2D eigenvalue weighted by Crippen LogP contribution is 2.33. The van der Waals surface area contributed by atoms with E-state index in [1.807, 2.05) is 6.07 Å². The van der Waals surface area contributed by atoms with Crippen molar-refractivity contribution in [2.24, 2.45) is 4.99 Å². The third-order valence-corrected chi connectivity index (χ3v) is 7.58. The third kappa shape index (κ3) is 4.75. The number of thiazole rings is 1. The second kappa shape index (κ2) is 10.8. The molecule has 204 valence electrons. The van der Waals surface area contributed by atoms with Crippen LogP contribution < -0.4 is 19.6 Å². The quantitative estimate of drug-likeness (QED) is 0.188. The first-order valence-electron chi connectivity index (χ1n) is 12.4. The van der Waals surface area contributed by atoms with E-state index in [1.54, 1.807) is 76.4 Å². The molecule has 1 aliphatic heterocycles. The van der Waals surface area contributed by atoms with Crippen molar-refractivity contribution in [2.75, 3.05) is 13.7 Å². The number of ether oxygens (including phenoxy) is 2. The molecule has 0 radical (unpaired) electrons. The van der Waals surface area contributed by atoms with E-state index >= 15 is 0 Å². The fraction of sp³-hybridized carbons (Fsp3) is 0.207. The number of methoxy groups -OCH3 is 1. The van der Waals surface area contributed by atoms with Crippen molar-refractivity contribution in [3.8, 4) is 17.1 Å². The van der Waals surface area contributed by atoms with Gasteiger partial charge in [0.1, 0.15) is 17.3 Å². The molecule has 40 heavy (non-hydrogen) atoms. The number of hydrogen-bond acceptors (Lipinski definition) is 9. The maximum Gasteiger partial charge on any atom is 0.338 e. The number of carbonyl (C=O) groups excluding carboxylic acids is 1. The summed E-state index contributed by atoms with van der Waals surface area (Å²) in [5.74, 6) is 0.867. The molecule has 0 aliphatic carbocycles. The minimum Gasteiger partial charge on any atom is -0.497 e. The van der Waals surface area contributed by atoms with E-state index in [9.17, 15) is 19.7 Å². The van der Waals surface area contributed by atoms with Crippen LogP contribution in [0.15, 0.2) is 80.1 Å². The van der Waals surface area contributed by atoms with Crippen LogP contribution in [0.2, 0.25) is 0 Å². The molecule has 4 aromatic rings.